The zero-order chi connectivity index (χ0) is 19.2. The highest BCUT2D eigenvalue weighted by Crippen LogP contribution is 2.29. The first kappa shape index (κ1) is 20.9. The number of carbonyl (C=O) groups is 1. The number of nitrogens with one attached hydrogen (secondary N) is 1. The quantitative estimate of drug-likeness (QED) is 0.645. The van der Waals surface area contributed by atoms with Gasteiger partial charge in [-0.3, -0.25) is 9.10 Å². The van der Waals surface area contributed by atoms with Crippen LogP contribution in [0.2, 0.25) is 0 Å². The zero-order valence-corrected chi connectivity index (χ0v) is 17.2. The summed E-state index contributed by atoms with van der Waals surface area (Å²) in [4.78, 5) is 12.5. The Balaban J connectivity index is 1.99. The maximum Gasteiger partial charge on any atom is 0.243 e. The molecule has 1 aromatic rings. The van der Waals surface area contributed by atoms with E-state index in [-0.39, 0.29) is 5.91 Å². The zero-order valence-electron chi connectivity index (χ0n) is 15.6. The number of hydrogen-bond acceptors (Lipinski definition) is 5. The highest BCUT2D eigenvalue weighted by molar-refractivity contribution is 7.99. The molecule has 0 radical (unpaired) electrons. The Morgan fingerprint density at radius 2 is 2.08 bits per heavy atom. The summed E-state index contributed by atoms with van der Waals surface area (Å²) in [5, 5.41) is 3.56. The second-order valence-electron chi connectivity index (χ2n) is 6.50. The van der Waals surface area contributed by atoms with Crippen LogP contribution in [0.3, 0.4) is 0 Å². The van der Waals surface area contributed by atoms with Crippen molar-refractivity contribution in [3.63, 3.8) is 0 Å². The van der Waals surface area contributed by atoms with Gasteiger partial charge in [-0.15, -0.1) is 0 Å². The Hall–Kier alpha value is -1.41. The van der Waals surface area contributed by atoms with Gasteiger partial charge in [0, 0.05) is 23.6 Å². The number of benzene rings is 1. The number of carbonyl (C=O) groups excluding carboxylic acids is 1. The normalized spacial score (nSPS) is 16.3. The average Bonchev–Trinajstić information content (AvgIpc) is 3.11. The fraction of sp³-hybridized carbons (Fsp3) is 0.611. The van der Waals surface area contributed by atoms with Gasteiger partial charge < -0.3 is 10.1 Å². The molecule has 0 aliphatic heterocycles. The van der Waals surface area contributed by atoms with Gasteiger partial charge >= 0.3 is 0 Å². The Bertz CT molecular complexity index is 703. The molecule has 0 bridgehead atoms. The maximum absolute atomic E-state index is 12.5. The van der Waals surface area contributed by atoms with Gasteiger partial charge in [0.05, 0.1) is 19.1 Å². The van der Waals surface area contributed by atoms with Crippen LogP contribution < -0.4 is 14.4 Å². The summed E-state index contributed by atoms with van der Waals surface area (Å²) in [7, 11) is -2.10. The van der Waals surface area contributed by atoms with E-state index in [1.54, 1.807) is 31.2 Å². The van der Waals surface area contributed by atoms with E-state index in [0.717, 1.165) is 16.3 Å². The molecule has 8 heteroatoms. The molecule has 1 aromatic carbocycles. The number of methoxy groups -OCH3 is 1. The third kappa shape index (κ3) is 5.81. The van der Waals surface area contributed by atoms with Crippen molar-refractivity contribution < 1.29 is 17.9 Å². The number of rotatable bonds is 9. The van der Waals surface area contributed by atoms with Gasteiger partial charge in [-0.05, 0) is 31.9 Å². The van der Waals surface area contributed by atoms with Crippen molar-refractivity contribution in [2.75, 3.05) is 30.0 Å². The van der Waals surface area contributed by atoms with Crippen molar-refractivity contribution in [2.45, 2.75) is 43.9 Å². The van der Waals surface area contributed by atoms with Crippen molar-refractivity contribution in [2.24, 2.45) is 0 Å². The fourth-order valence-electron chi connectivity index (χ4n) is 3.16. The maximum atomic E-state index is 12.5. The first-order chi connectivity index (χ1) is 12.3. The third-order valence-electron chi connectivity index (χ3n) is 4.45. The SMILES string of the molecule is COc1cccc(N([C@@H](C)C(=O)NCCSC2CCCC2)S(C)(=O)=O)c1. The lowest BCUT2D eigenvalue weighted by atomic mass is 10.2. The predicted molar refractivity (Wildman–Crippen MR) is 108 cm³/mol. The number of anilines is 1. The second-order valence-corrected chi connectivity index (χ2v) is 9.77. The van der Waals surface area contributed by atoms with Gasteiger partial charge in [-0.25, -0.2) is 8.42 Å². The van der Waals surface area contributed by atoms with Crippen LogP contribution in [-0.2, 0) is 14.8 Å². The molecule has 26 heavy (non-hydrogen) atoms. The van der Waals surface area contributed by atoms with Gasteiger partial charge in [-0.2, -0.15) is 11.8 Å². The molecule has 1 atom stereocenters. The fourth-order valence-corrected chi connectivity index (χ4v) is 5.55. The van der Waals surface area contributed by atoms with Gasteiger partial charge in [0.25, 0.3) is 0 Å². The number of hydrogen-bond donors (Lipinski definition) is 1. The minimum absolute atomic E-state index is 0.301. The molecule has 1 amide bonds. The van der Waals surface area contributed by atoms with Gasteiger partial charge in [0.15, 0.2) is 0 Å². The lowest BCUT2D eigenvalue weighted by Crippen LogP contribution is -2.48. The van der Waals surface area contributed by atoms with Crippen LogP contribution in [0.25, 0.3) is 0 Å². The van der Waals surface area contributed by atoms with E-state index < -0.39 is 16.1 Å². The van der Waals surface area contributed by atoms with E-state index in [0.29, 0.717) is 23.2 Å². The first-order valence-electron chi connectivity index (χ1n) is 8.85. The second kappa shape index (κ2) is 9.50. The number of ether oxygens (including phenoxy) is 1. The van der Waals surface area contributed by atoms with Crippen molar-refractivity contribution >= 4 is 33.4 Å². The van der Waals surface area contributed by atoms with Crippen LogP contribution in [-0.4, -0.2) is 51.3 Å². The van der Waals surface area contributed by atoms with E-state index >= 15 is 0 Å². The van der Waals surface area contributed by atoms with Crippen molar-refractivity contribution in [3.8, 4) is 5.75 Å². The minimum Gasteiger partial charge on any atom is -0.497 e. The highest BCUT2D eigenvalue weighted by Gasteiger charge is 2.29. The summed E-state index contributed by atoms with van der Waals surface area (Å²) >= 11 is 1.89. The standard InChI is InChI=1S/C18H28N2O4S2/c1-14(18(21)19-11-12-25-17-9-4-5-10-17)20(26(3,22)23)15-7-6-8-16(13-15)24-2/h6-8,13-14,17H,4-5,9-12H2,1-3H3,(H,19,21)/t14-/m0/s1. The Morgan fingerprint density at radius 3 is 2.69 bits per heavy atom. The van der Waals surface area contributed by atoms with Crippen molar-refractivity contribution in [3.05, 3.63) is 24.3 Å². The molecule has 0 heterocycles. The number of thioether (sulfide) groups is 1. The molecule has 0 spiro atoms. The topological polar surface area (TPSA) is 75.7 Å². The average molecular weight is 401 g/mol. The Labute approximate surface area is 160 Å². The summed E-state index contributed by atoms with van der Waals surface area (Å²) in [5.41, 5.74) is 0.412. The number of amides is 1. The lowest BCUT2D eigenvalue weighted by molar-refractivity contribution is -0.121. The molecular formula is C18H28N2O4S2. The van der Waals surface area contributed by atoms with Crippen LogP contribution in [0.4, 0.5) is 5.69 Å². The monoisotopic (exact) mass is 400 g/mol. The molecular weight excluding hydrogens is 372 g/mol. The van der Waals surface area contributed by atoms with Crippen LogP contribution in [0.5, 0.6) is 5.75 Å². The molecule has 1 N–H and O–H groups in total. The van der Waals surface area contributed by atoms with Crippen LogP contribution in [0, 0.1) is 0 Å². The smallest absolute Gasteiger partial charge is 0.243 e. The van der Waals surface area contributed by atoms with Gasteiger partial charge in [-0.1, -0.05) is 18.9 Å². The van der Waals surface area contributed by atoms with E-state index in [9.17, 15) is 13.2 Å². The highest BCUT2D eigenvalue weighted by atomic mass is 32.2. The summed E-state index contributed by atoms with van der Waals surface area (Å²) in [6.07, 6.45) is 6.21. The molecule has 6 nitrogen and oxygen atoms in total. The van der Waals surface area contributed by atoms with Crippen LogP contribution >= 0.6 is 11.8 Å². The Morgan fingerprint density at radius 1 is 1.38 bits per heavy atom. The summed E-state index contributed by atoms with van der Waals surface area (Å²) in [6, 6.07) is 5.86. The third-order valence-corrected chi connectivity index (χ3v) is 7.08. The van der Waals surface area contributed by atoms with E-state index in [2.05, 4.69) is 5.32 Å². The molecule has 146 valence electrons. The molecule has 0 saturated heterocycles. The molecule has 1 aliphatic rings. The van der Waals surface area contributed by atoms with E-state index in [1.807, 2.05) is 11.8 Å². The molecule has 1 aliphatic carbocycles. The lowest BCUT2D eigenvalue weighted by Gasteiger charge is -2.28. The minimum atomic E-state index is -3.62. The predicted octanol–water partition coefficient (Wildman–Crippen LogP) is 2.64. The van der Waals surface area contributed by atoms with Crippen LogP contribution in [0.15, 0.2) is 24.3 Å². The molecule has 1 saturated carbocycles. The largest absolute Gasteiger partial charge is 0.497 e. The molecule has 2 rings (SSSR count). The van der Waals surface area contributed by atoms with Crippen molar-refractivity contribution in [1.29, 1.82) is 0 Å². The number of sulfonamides is 1. The Kier molecular flexibility index (Phi) is 7.64. The molecule has 0 aromatic heterocycles. The van der Waals surface area contributed by atoms with E-state index in [1.165, 1.54) is 32.8 Å². The van der Waals surface area contributed by atoms with Gasteiger partial charge in [0.2, 0.25) is 15.9 Å². The molecule has 1 fully saturated rings. The summed E-state index contributed by atoms with van der Waals surface area (Å²) in [5.74, 6) is 1.09. The van der Waals surface area contributed by atoms with Gasteiger partial charge in [0.1, 0.15) is 11.8 Å². The number of nitrogens with zero attached hydrogens (tertiary/aromatic N) is 1. The van der Waals surface area contributed by atoms with Crippen LogP contribution in [0.1, 0.15) is 32.6 Å². The van der Waals surface area contributed by atoms with Crippen molar-refractivity contribution in [1.82, 2.24) is 5.32 Å². The summed E-state index contributed by atoms with van der Waals surface area (Å²) in [6.45, 7) is 2.14. The molecule has 0 unspecified atom stereocenters. The van der Waals surface area contributed by atoms with E-state index in [4.69, 9.17) is 4.74 Å². The first-order valence-corrected chi connectivity index (χ1v) is 11.8. The summed E-state index contributed by atoms with van der Waals surface area (Å²) < 4.78 is 30.9.